The number of halogens is 1. The third kappa shape index (κ3) is 2.80. The summed E-state index contributed by atoms with van der Waals surface area (Å²) in [5, 5.41) is 4.12. The van der Waals surface area contributed by atoms with Gasteiger partial charge in [0.25, 0.3) is 0 Å². The van der Waals surface area contributed by atoms with Gasteiger partial charge in [0.2, 0.25) is 0 Å². The first kappa shape index (κ1) is 11.1. The summed E-state index contributed by atoms with van der Waals surface area (Å²) in [5.74, 6) is 1.85. The van der Waals surface area contributed by atoms with Crippen LogP contribution >= 0.6 is 15.9 Å². The smallest absolute Gasteiger partial charge is 0.138 e. The van der Waals surface area contributed by atoms with Gasteiger partial charge in [-0.1, -0.05) is 35.2 Å². The Balaban J connectivity index is 2.00. The predicted molar refractivity (Wildman–Crippen MR) is 64.0 cm³/mol. The molecule has 1 aromatic heterocycles. The van der Waals surface area contributed by atoms with E-state index < -0.39 is 0 Å². The quantitative estimate of drug-likeness (QED) is 0.612. The topological polar surface area (TPSA) is 30.7 Å². The van der Waals surface area contributed by atoms with E-state index in [2.05, 4.69) is 26.0 Å². The van der Waals surface area contributed by atoms with Crippen molar-refractivity contribution < 1.29 is 0 Å². The van der Waals surface area contributed by atoms with Crippen molar-refractivity contribution in [2.45, 2.75) is 43.4 Å². The van der Waals surface area contributed by atoms with Gasteiger partial charge in [-0.3, -0.25) is 4.68 Å². The molecule has 0 spiro atoms. The first-order valence-electron chi connectivity index (χ1n) is 5.74. The van der Waals surface area contributed by atoms with E-state index in [1.54, 1.807) is 6.33 Å². The van der Waals surface area contributed by atoms with Crippen LogP contribution in [0.1, 0.15) is 37.9 Å². The van der Waals surface area contributed by atoms with Crippen molar-refractivity contribution in [1.29, 1.82) is 0 Å². The minimum atomic E-state index is 0.664. The van der Waals surface area contributed by atoms with Crippen LogP contribution in [0.5, 0.6) is 0 Å². The molecule has 84 valence electrons. The number of nitrogens with zero attached hydrogens (tertiary/aromatic N) is 3. The molecule has 1 aliphatic rings. The maximum atomic E-state index is 4.31. The van der Waals surface area contributed by atoms with E-state index in [1.807, 2.05) is 11.7 Å². The molecule has 1 aromatic rings. The lowest BCUT2D eigenvalue weighted by Gasteiger charge is -2.18. The number of aromatic nitrogens is 3. The number of alkyl halides is 1. The van der Waals surface area contributed by atoms with Gasteiger partial charge in [-0.2, -0.15) is 5.10 Å². The van der Waals surface area contributed by atoms with Crippen molar-refractivity contribution in [3.63, 3.8) is 0 Å². The lowest BCUT2D eigenvalue weighted by molar-refractivity contribution is 0.455. The average Bonchev–Trinajstić information content (AvgIpc) is 2.50. The van der Waals surface area contributed by atoms with Crippen molar-refractivity contribution in [3.8, 4) is 0 Å². The second-order valence-electron chi connectivity index (χ2n) is 4.42. The van der Waals surface area contributed by atoms with Gasteiger partial charge < -0.3 is 0 Å². The molecule has 0 amide bonds. The van der Waals surface area contributed by atoms with E-state index in [9.17, 15) is 0 Å². The molecular formula is C11H18BrN3. The third-order valence-corrected chi connectivity index (χ3v) is 4.52. The molecule has 0 aliphatic heterocycles. The number of hydrogen-bond acceptors (Lipinski definition) is 2. The van der Waals surface area contributed by atoms with Crippen molar-refractivity contribution in [1.82, 2.24) is 14.8 Å². The fourth-order valence-corrected chi connectivity index (χ4v) is 3.08. The summed E-state index contributed by atoms with van der Waals surface area (Å²) in [6.07, 6.45) is 9.46. The van der Waals surface area contributed by atoms with Crippen molar-refractivity contribution in [3.05, 3.63) is 12.2 Å². The average molecular weight is 272 g/mol. The fraction of sp³-hybridized carbons (Fsp3) is 0.818. The Labute approximate surface area is 99.4 Å². The Bertz CT molecular complexity index is 311. The van der Waals surface area contributed by atoms with Crippen LogP contribution in [0.15, 0.2) is 6.33 Å². The molecule has 0 N–H and O–H groups in total. The summed E-state index contributed by atoms with van der Waals surface area (Å²) in [7, 11) is 1.97. The van der Waals surface area contributed by atoms with Gasteiger partial charge >= 0.3 is 0 Å². The van der Waals surface area contributed by atoms with E-state index in [1.165, 1.54) is 32.1 Å². The Morgan fingerprint density at radius 3 is 2.93 bits per heavy atom. The molecule has 4 heteroatoms. The molecule has 0 saturated heterocycles. The summed E-state index contributed by atoms with van der Waals surface area (Å²) in [5.41, 5.74) is 0. The molecule has 1 aliphatic carbocycles. The zero-order valence-electron chi connectivity index (χ0n) is 9.19. The lowest BCUT2D eigenvalue weighted by atomic mass is 9.96. The largest absolute Gasteiger partial charge is 0.253 e. The van der Waals surface area contributed by atoms with Gasteiger partial charge in [0.15, 0.2) is 0 Å². The summed E-state index contributed by atoms with van der Waals surface area (Å²) in [6.45, 7) is 0. The monoisotopic (exact) mass is 271 g/mol. The number of rotatable bonds is 2. The highest BCUT2D eigenvalue weighted by atomic mass is 79.9. The lowest BCUT2D eigenvalue weighted by Crippen LogP contribution is -2.17. The Kier molecular flexibility index (Phi) is 3.78. The van der Waals surface area contributed by atoms with E-state index >= 15 is 0 Å². The van der Waals surface area contributed by atoms with Crippen LogP contribution in [0.4, 0.5) is 0 Å². The second-order valence-corrected chi connectivity index (χ2v) is 5.59. The molecule has 1 heterocycles. The first-order valence-corrected chi connectivity index (χ1v) is 6.66. The normalized spacial score (nSPS) is 27.6. The minimum absolute atomic E-state index is 0.664. The van der Waals surface area contributed by atoms with Gasteiger partial charge in [-0.25, -0.2) is 4.98 Å². The summed E-state index contributed by atoms with van der Waals surface area (Å²) >= 11 is 3.82. The van der Waals surface area contributed by atoms with Gasteiger partial charge in [0.1, 0.15) is 12.2 Å². The number of aryl methyl sites for hydroxylation is 1. The van der Waals surface area contributed by atoms with Crippen molar-refractivity contribution in [2.75, 3.05) is 0 Å². The first-order chi connectivity index (χ1) is 7.27. The maximum Gasteiger partial charge on any atom is 0.138 e. The van der Waals surface area contributed by atoms with E-state index in [4.69, 9.17) is 0 Å². The van der Waals surface area contributed by atoms with E-state index in [0.717, 1.165) is 18.2 Å². The SMILES string of the molecule is Cn1ncnc1CC1CCCCCC1Br. The Morgan fingerprint density at radius 1 is 1.40 bits per heavy atom. The standard InChI is InChI=1S/C11H18BrN3/c1-15-11(13-8-14-15)7-9-5-3-2-4-6-10(9)12/h8-10H,2-7H2,1H3. The van der Waals surface area contributed by atoms with Crippen LogP contribution < -0.4 is 0 Å². The molecule has 1 fully saturated rings. The van der Waals surface area contributed by atoms with Crippen LogP contribution in [-0.2, 0) is 13.5 Å². The molecule has 2 unspecified atom stereocenters. The van der Waals surface area contributed by atoms with E-state index in [-0.39, 0.29) is 0 Å². The zero-order chi connectivity index (χ0) is 10.7. The summed E-state index contributed by atoms with van der Waals surface area (Å²) < 4.78 is 1.89. The summed E-state index contributed by atoms with van der Waals surface area (Å²) in [4.78, 5) is 4.97. The predicted octanol–water partition coefficient (Wildman–Crippen LogP) is 2.70. The summed E-state index contributed by atoms with van der Waals surface area (Å²) in [6, 6.07) is 0. The van der Waals surface area contributed by atoms with Crippen LogP contribution in [0.3, 0.4) is 0 Å². The van der Waals surface area contributed by atoms with Crippen LogP contribution in [0, 0.1) is 5.92 Å². The van der Waals surface area contributed by atoms with Crippen LogP contribution in [0.25, 0.3) is 0 Å². The molecule has 2 atom stereocenters. The fourth-order valence-electron chi connectivity index (χ4n) is 2.31. The minimum Gasteiger partial charge on any atom is -0.253 e. The molecular weight excluding hydrogens is 254 g/mol. The van der Waals surface area contributed by atoms with Gasteiger partial charge in [0, 0.05) is 18.3 Å². The Morgan fingerprint density at radius 2 is 2.20 bits per heavy atom. The maximum absolute atomic E-state index is 4.31. The highest BCUT2D eigenvalue weighted by Gasteiger charge is 2.22. The molecule has 15 heavy (non-hydrogen) atoms. The molecule has 1 saturated carbocycles. The molecule has 2 rings (SSSR count). The molecule has 3 nitrogen and oxygen atoms in total. The van der Waals surface area contributed by atoms with Gasteiger partial charge in [-0.05, 0) is 18.8 Å². The van der Waals surface area contributed by atoms with Gasteiger partial charge in [-0.15, -0.1) is 0 Å². The molecule has 0 radical (unpaired) electrons. The van der Waals surface area contributed by atoms with Crippen LogP contribution in [0.2, 0.25) is 0 Å². The highest BCUT2D eigenvalue weighted by Crippen LogP contribution is 2.30. The van der Waals surface area contributed by atoms with Crippen molar-refractivity contribution in [2.24, 2.45) is 13.0 Å². The van der Waals surface area contributed by atoms with Gasteiger partial charge in [0.05, 0.1) is 0 Å². The number of hydrogen-bond donors (Lipinski definition) is 0. The van der Waals surface area contributed by atoms with E-state index in [0.29, 0.717) is 4.83 Å². The molecule has 0 bridgehead atoms. The third-order valence-electron chi connectivity index (χ3n) is 3.32. The van der Waals surface area contributed by atoms with Crippen molar-refractivity contribution >= 4 is 15.9 Å². The molecule has 0 aromatic carbocycles. The Hall–Kier alpha value is -0.380. The zero-order valence-corrected chi connectivity index (χ0v) is 10.8. The van der Waals surface area contributed by atoms with Crippen LogP contribution in [-0.4, -0.2) is 19.6 Å². The highest BCUT2D eigenvalue weighted by molar-refractivity contribution is 9.09. The second kappa shape index (κ2) is 5.10.